The number of benzene rings is 2. The van der Waals surface area contributed by atoms with Crippen molar-refractivity contribution in [3.05, 3.63) is 63.6 Å². The summed E-state index contributed by atoms with van der Waals surface area (Å²) in [5.41, 5.74) is -0.328. The highest BCUT2D eigenvalue weighted by atomic mass is 79.9. The maximum Gasteiger partial charge on any atom is 0.416 e. The maximum absolute atomic E-state index is 12.5. The fraction of sp³-hybridized carbons (Fsp3) is 0.133. The van der Waals surface area contributed by atoms with E-state index in [1.165, 1.54) is 7.11 Å². The molecule has 0 heterocycles. The largest absolute Gasteiger partial charge is 0.496 e. The topological polar surface area (TPSA) is 26.3 Å². The van der Waals surface area contributed by atoms with Gasteiger partial charge >= 0.3 is 6.18 Å². The molecular formula is C15H10BrF3O2. The average Bonchev–Trinajstić information content (AvgIpc) is 2.45. The van der Waals surface area contributed by atoms with Gasteiger partial charge < -0.3 is 4.74 Å². The monoisotopic (exact) mass is 358 g/mol. The molecule has 0 atom stereocenters. The summed E-state index contributed by atoms with van der Waals surface area (Å²) < 4.78 is 43.3. The summed E-state index contributed by atoms with van der Waals surface area (Å²) in [4.78, 5) is 12.3. The summed E-state index contributed by atoms with van der Waals surface area (Å²) in [6, 6.07) is 8.94. The summed E-state index contributed by atoms with van der Waals surface area (Å²) in [5.74, 6) is -0.0395. The third-order valence-electron chi connectivity index (χ3n) is 2.88. The van der Waals surface area contributed by atoms with Crippen molar-refractivity contribution >= 4 is 21.7 Å². The number of hydrogen-bond donors (Lipinski definition) is 0. The molecule has 0 aliphatic heterocycles. The predicted octanol–water partition coefficient (Wildman–Crippen LogP) is 4.71. The zero-order valence-electron chi connectivity index (χ0n) is 10.9. The molecule has 0 unspecified atom stereocenters. The fourth-order valence-corrected chi connectivity index (χ4v) is 2.16. The van der Waals surface area contributed by atoms with E-state index in [-0.39, 0.29) is 5.56 Å². The first-order valence-electron chi connectivity index (χ1n) is 5.88. The minimum atomic E-state index is -4.42. The quantitative estimate of drug-likeness (QED) is 0.743. The van der Waals surface area contributed by atoms with Gasteiger partial charge in [0.05, 0.1) is 18.2 Å². The van der Waals surface area contributed by atoms with Crippen molar-refractivity contribution < 1.29 is 22.7 Å². The van der Waals surface area contributed by atoms with E-state index in [4.69, 9.17) is 4.74 Å². The number of halogens is 4. The number of methoxy groups -OCH3 is 1. The minimum Gasteiger partial charge on any atom is -0.496 e. The standard InChI is InChI=1S/C15H10BrF3O2/c1-21-13-8-11(16)6-7-12(13)14(20)9-2-4-10(5-3-9)15(17,18)19/h2-8H,1H3. The van der Waals surface area contributed by atoms with Crippen LogP contribution in [0.15, 0.2) is 46.9 Å². The molecule has 0 fully saturated rings. The molecule has 0 saturated heterocycles. The van der Waals surface area contributed by atoms with Crippen LogP contribution >= 0.6 is 15.9 Å². The highest BCUT2D eigenvalue weighted by Gasteiger charge is 2.30. The van der Waals surface area contributed by atoms with Crippen molar-refractivity contribution in [2.24, 2.45) is 0 Å². The second-order valence-corrected chi connectivity index (χ2v) is 5.16. The van der Waals surface area contributed by atoms with Gasteiger partial charge in [0.15, 0.2) is 5.78 Å². The smallest absolute Gasteiger partial charge is 0.416 e. The van der Waals surface area contributed by atoms with Crippen LogP contribution in [0.3, 0.4) is 0 Å². The zero-order valence-corrected chi connectivity index (χ0v) is 12.5. The molecule has 2 aromatic rings. The maximum atomic E-state index is 12.5. The summed E-state index contributed by atoms with van der Waals surface area (Å²) in [6.07, 6.45) is -4.42. The second-order valence-electron chi connectivity index (χ2n) is 4.25. The van der Waals surface area contributed by atoms with Gasteiger partial charge in [0.25, 0.3) is 0 Å². The molecule has 0 bridgehead atoms. The van der Waals surface area contributed by atoms with Crippen molar-refractivity contribution in [3.8, 4) is 5.75 Å². The molecule has 0 saturated carbocycles. The molecule has 2 rings (SSSR count). The van der Waals surface area contributed by atoms with E-state index in [0.29, 0.717) is 11.3 Å². The van der Waals surface area contributed by atoms with E-state index in [1.54, 1.807) is 18.2 Å². The Kier molecular flexibility index (Phi) is 4.37. The molecular weight excluding hydrogens is 349 g/mol. The van der Waals surface area contributed by atoms with Gasteiger partial charge in [-0.2, -0.15) is 13.2 Å². The molecule has 21 heavy (non-hydrogen) atoms. The molecule has 0 aromatic heterocycles. The van der Waals surface area contributed by atoms with Crippen molar-refractivity contribution in [3.63, 3.8) is 0 Å². The number of rotatable bonds is 3. The Morgan fingerprint density at radius 2 is 1.71 bits per heavy atom. The summed E-state index contributed by atoms with van der Waals surface area (Å²) in [6.45, 7) is 0. The zero-order chi connectivity index (χ0) is 15.6. The number of ketones is 1. The van der Waals surface area contributed by atoms with Crippen LogP contribution in [0.1, 0.15) is 21.5 Å². The third-order valence-corrected chi connectivity index (χ3v) is 3.38. The number of hydrogen-bond acceptors (Lipinski definition) is 2. The van der Waals surface area contributed by atoms with Crippen molar-refractivity contribution in [2.75, 3.05) is 7.11 Å². The van der Waals surface area contributed by atoms with Crippen molar-refractivity contribution in [1.82, 2.24) is 0 Å². The molecule has 0 aliphatic rings. The van der Waals surface area contributed by atoms with Gasteiger partial charge in [0.2, 0.25) is 0 Å². The second kappa shape index (κ2) is 5.89. The lowest BCUT2D eigenvalue weighted by Gasteiger charge is -2.10. The minimum absolute atomic E-state index is 0.170. The van der Waals surface area contributed by atoms with E-state index in [9.17, 15) is 18.0 Å². The van der Waals surface area contributed by atoms with Crippen LogP contribution in [0.5, 0.6) is 5.75 Å². The lowest BCUT2D eigenvalue weighted by Crippen LogP contribution is -2.07. The Morgan fingerprint density at radius 1 is 1.10 bits per heavy atom. The molecule has 0 N–H and O–H groups in total. The normalized spacial score (nSPS) is 11.3. The Labute approximate surface area is 127 Å². The lowest BCUT2D eigenvalue weighted by atomic mass is 10.0. The van der Waals surface area contributed by atoms with E-state index in [1.807, 2.05) is 0 Å². The molecule has 0 aliphatic carbocycles. The summed E-state index contributed by atoms with van der Waals surface area (Å²) >= 11 is 3.26. The first-order valence-corrected chi connectivity index (χ1v) is 6.67. The van der Waals surface area contributed by atoms with Crippen LogP contribution in [0.2, 0.25) is 0 Å². The number of ether oxygens (including phenoxy) is 1. The van der Waals surface area contributed by atoms with Gasteiger partial charge in [-0.05, 0) is 30.3 Å². The predicted molar refractivity (Wildman–Crippen MR) is 75.6 cm³/mol. The van der Waals surface area contributed by atoms with Gasteiger partial charge in [-0.15, -0.1) is 0 Å². The molecule has 2 aromatic carbocycles. The Morgan fingerprint density at radius 3 is 2.24 bits per heavy atom. The van der Waals surface area contributed by atoms with Crippen molar-refractivity contribution in [2.45, 2.75) is 6.18 Å². The Balaban J connectivity index is 2.37. The van der Waals surface area contributed by atoms with E-state index in [2.05, 4.69) is 15.9 Å². The number of alkyl halides is 3. The third kappa shape index (κ3) is 3.44. The van der Waals surface area contributed by atoms with E-state index < -0.39 is 17.5 Å². The van der Waals surface area contributed by atoms with Gasteiger partial charge in [0.1, 0.15) is 5.75 Å². The Bertz CT molecular complexity index is 664. The molecule has 6 heteroatoms. The molecule has 0 radical (unpaired) electrons. The summed E-state index contributed by atoms with van der Waals surface area (Å²) in [5, 5.41) is 0. The SMILES string of the molecule is COc1cc(Br)ccc1C(=O)c1ccc(C(F)(F)F)cc1. The van der Waals surface area contributed by atoms with E-state index >= 15 is 0 Å². The van der Waals surface area contributed by atoms with Crippen LogP contribution in [-0.2, 0) is 6.18 Å². The first-order chi connectivity index (χ1) is 9.82. The van der Waals surface area contributed by atoms with E-state index in [0.717, 1.165) is 28.7 Å². The van der Waals surface area contributed by atoms with Crippen LogP contribution in [-0.4, -0.2) is 12.9 Å². The first kappa shape index (κ1) is 15.6. The fourth-order valence-electron chi connectivity index (χ4n) is 1.82. The average molecular weight is 359 g/mol. The molecule has 110 valence electrons. The van der Waals surface area contributed by atoms with Crippen LogP contribution < -0.4 is 4.74 Å². The van der Waals surface area contributed by atoms with Gasteiger partial charge in [-0.25, -0.2) is 0 Å². The number of carbonyl (C=O) groups is 1. The van der Waals surface area contributed by atoms with Crippen LogP contribution in [0.25, 0.3) is 0 Å². The van der Waals surface area contributed by atoms with Crippen LogP contribution in [0.4, 0.5) is 13.2 Å². The van der Waals surface area contributed by atoms with Gasteiger partial charge in [-0.3, -0.25) is 4.79 Å². The lowest BCUT2D eigenvalue weighted by molar-refractivity contribution is -0.137. The molecule has 0 spiro atoms. The molecule has 0 amide bonds. The highest BCUT2D eigenvalue weighted by Crippen LogP contribution is 2.30. The van der Waals surface area contributed by atoms with Crippen LogP contribution in [0, 0.1) is 0 Å². The van der Waals surface area contributed by atoms with Gasteiger partial charge in [-0.1, -0.05) is 28.1 Å². The number of carbonyl (C=O) groups excluding carboxylic acids is 1. The molecule has 2 nitrogen and oxygen atoms in total. The van der Waals surface area contributed by atoms with Gasteiger partial charge in [0, 0.05) is 10.0 Å². The van der Waals surface area contributed by atoms with Crippen molar-refractivity contribution in [1.29, 1.82) is 0 Å². The highest BCUT2D eigenvalue weighted by molar-refractivity contribution is 9.10. The summed E-state index contributed by atoms with van der Waals surface area (Å²) in [7, 11) is 1.42. The Hall–Kier alpha value is -1.82.